The van der Waals surface area contributed by atoms with Crippen molar-refractivity contribution in [3.8, 4) is 0 Å². The van der Waals surface area contributed by atoms with Crippen molar-refractivity contribution in [2.75, 3.05) is 33.0 Å². The number of hydrogen-bond acceptors (Lipinski definition) is 7. The molecule has 2 atom stereocenters. The molecule has 3 N–H and O–H groups in total. The molecule has 0 saturated carbocycles. The summed E-state index contributed by atoms with van der Waals surface area (Å²) in [5.74, 6) is -0.359. The van der Waals surface area contributed by atoms with Crippen LogP contribution in [-0.2, 0) is 27.9 Å². The van der Waals surface area contributed by atoms with Crippen molar-refractivity contribution < 1.29 is 32.8 Å². The summed E-state index contributed by atoms with van der Waals surface area (Å²) >= 11 is 0. The molecule has 368 valence electrons. The minimum absolute atomic E-state index is 0.0934. The number of nitrogens with two attached hydrogens (primary N) is 1. The van der Waals surface area contributed by atoms with Gasteiger partial charge in [-0.3, -0.25) is 13.8 Å². The number of phosphoric ester groups is 1. The summed E-state index contributed by atoms with van der Waals surface area (Å²) in [6.45, 7) is 4.80. The van der Waals surface area contributed by atoms with Crippen molar-refractivity contribution in [1.82, 2.24) is 0 Å². The molecule has 0 aliphatic heterocycles. The zero-order chi connectivity index (χ0) is 45.8. The van der Waals surface area contributed by atoms with Gasteiger partial charge in [0.2, 0.25) is 0 Å². The molecule has 0 aliphatic rings. The molecule has 0 radical (unpaired) electrons. The fraction of sp³-hybridized carbons (Fsp3) is 0.796. The van der Waals surface area contributed by atoms with Crippen molar-refractivity contribution in [1.29, 1.82) is 0 Å². The van der Waals surface area contributed by atoms with Gasteiger partial charge in [0, 0.05) is 19.6 Å². The van der Waals surface area contributed by atoms with E-state index >= 15 is 0 Å². The molecule has 0 rings (SSSR count). The maximum absolute atomic E-state index is 12.6. The Labute approximate surface area is 389 Å². The first-order chi connectivity index (χ1) is 30.9. The third-order valence-electron chi connectivity index (χ3n) is 11.2. The number of rotatable bonds is 50. The van der Waals surface area contributed by atoms with Gasteiger partial charge in [0.05, 0.1) is 19.8 Å². The molecule has 0 aromatic carbocycles. The molecule has 0 aromatic rings. The molecule has 0 heterocycles. The molecule has 63 heavy (non-hydrogen) atoms. The second kappa shape index (κ2) is 51.2. The lowest BCUT2D eigenvalue weighted by atomic mass is 10.0. The highest BCUT2D eigenvalue weighted by atomic mass is 31.2. The number of esters is 1. The van der Waals surface area contributed by atoms with E-state index in [4.69, 9.17) is 24.3 Å². The van der Waals surface area contributed by atoms with Crippen LogP contribution in [0.3, 0.4) is 0 Å². The first kappa shape index (κ1) is 61.2. The van der Waals surface area contributed by atoms with E-state index in [1.54, 1.807) is 0 Å². The average molecular weight is 906 g/mol. The molecule has 0 saturated heterocycles. The molecule has 0 fully saturated rings. The van der Waals surface area contributed by atoms with Gasteiger partial charge in [-0.2, -0.15) is 0 Å². The topological polar surface area (TPSA) is 117 Å². The maximum atomic E-state index is 12.6. The van der Waals surface area contributed by atoms with Crippen molar-refractivity contribution in [2.45, 2.75) is 245 Å². The predicted octanol–water partition coefficient (Wildman–Crippen LogP) is 16.5. The highest BCUT2D eigenvalue weighted by molar-refractivity contribution is 7.47. The SMILES string of the molecule is CC/C=C\C/C=C\C/C=C\C/C=C\C/C=C\CCCCCC(=O)OC(COCCCCCCCCCCCCCCCCCCCCCCCCCCC)COP(=O)(O)OCCN. The van der Waals surface area contributed by atoms with Gasteiger partial charge >= 0.3 is 13.8 Å². The van der Waals surface area contributed by atoms with Crippen LogP contribution in [0, 0.1) is 0 Å². The molecule has 2 unspecified atom stereocenters. The van der Waals surface area contributed by atoms with Gasteiger partial charge in [-0.1, -0.05) is 235 Å². The average Bonchev–Trinajstić information content (AvgIpc) is 3.28. The molecule has 0 aromatic heterocycles. The summed E-state index contributed by atoms with van der Waals surface area (Å²) in [7, 11) is -4.29. The number of hydrogen-bond donors (Lipinski definition) is 2. The molecule has 9 heteroatoms. The van der Waals surface area contributed by atoms with Crippen molar-refractivity contribution >= 4 is 13.8 Å². The van der Waals surface area contributed by atoms with Gasteiger partial charge in [0.25, 0.3) is 0 Å². The number of carbonyl (C=O) groups excluding carboxylic acids is 1. The maximum Gasteiger partial charge on any atom is 0.472 e. The minimum Gasteiger partial charge on any atom is -0.457 e. The highest BCUT2D eigenvalue weighted by Crippen LogP contribution is 2.43. The quantitative estimate of drug-likeness (QED) is 0.0268. The summed E-state index contributed by atoms with van der Waals surface area (Å²) in [5, 5.41) is 0. The van der Waals surface area contributed by atoms with Crippen LogP contribution >= 0.6 is 7.82 Å². The van der Waals surface area contributed by atoms with Crippen LogP contribution in [0.5, 0.6) is 0 Å². The largest absolute Gasteiger partial charge is 0.472 e. The second-order valence-corrected chi connectivity index (χ2v) is 18.8. The van der Waals surface area contributed by atoms with Crippen LogP contribution in [0.4, 0.5) is 0 Å². The van der Waals surface area contributed by atoms with Gasteiger partial charge in [-0.05, 0) is 57.8 Å². The molecule has 0 aliphatic carbocycles. The van der Waals surface area contributed by atoms with Crippen LogP contribution < -0.4 is 5.73 Å². The van der Waals surface area contributed by atoms with Crippen molar-refractivity contribution in [2.24, 2.45) is 5.73 Å². The Hall–Kier alpha value is -1.80. The number of unbranched alkanes of at least 4 members (excludes halogenated alkanes) is 27. The molecule has 0 bridgehead atoms. The van der Waals surface area contributed by atoms with Crippen LogP contribution in [0.1, 0.15) is 239 Å². The van der Waals surface area contributed by atoms with Crippen LogP contribution in [0.25, 0.3) is 0 Å². The number of ether oxygens (including phenoxy) is 2. The van der Waals surface area contributed by atoms with Crippen LogP contribution in [0.2, 0.25) is 0 Å². The Balaban J connectivity index is 3.94. The fourth-order valence-electron chi connectivity index (χ4n) is 7.38. The fourth-order valence-corrected chi connectivity index (χ4v) is 8.14. The molecular formula is C54H100NO7P. The van der Waals surface area contributed by atoms with E-state index in [0.717, 1.165) is 70.6 Å². The Morgan fingerprint density at radius 3 is 1.32 bits per heavy atom. The summed E-state index contributed by atoms with van der Waals surface area (Å²) < 4.78 is 33.6. The Morgan fingerprint density at radius 1 is 0.492 bits per heavy atom. The zero-order valence-corrected chi connectivity index (χ0v) is 42.0. The monoisotopic (exact) mass is 906 g/mol. The third-order valence-corrected chi connectivity index (χ3v) is 12.2. The number of allylic oxidation sites excluding steroid dienone is 10. The van der Waals surface area contributed by atoms with E-state index in [-0.39, 0.29) is 38.8 Å². The van der Waals surface area contributed by atoms with E-state index < -0.39 is 13.9 Å². The van der Waals surface area contributed by atoms with Crippen LogP contribution in [-0.4, -0.2) is 49.9 Å². The van der Waals surface area contributed by atoms with E-state index in [9.17, 15) is 14.3 Å². The van der Waals surface area contributed by atoms with Gasteiger partial charge in [0.15, 0.2) is 0 Å². The number of phosphoric acid groups is 1. The van der Waals surface area contributed by atoms with Gasteiger partial charge in [-0.25, -0.2) is 4.57 Å². The number of carbonyl (C=O) groups is 1. The molecule has 0 amide bonds. The van der Waals surface area contributed by atoms with Crippen LogP contribution in [0.15, 0.2) is 60.8 Å². The summed E-state index contributed by atoms with van der Waals surface area (Å²) in [5.41, 5.74) is 5.39. The molecule has 8 nitrogen and oxygen atoms in total. The van der Waals surface area contributed by atoms with E-state index in [1.165, 1.54) is 148 Å². The molecule has 0 spiro atoms. The summed E-state index contributed by atoms with van der Waals surface area (Å²) in [4.78, 5) is 22.6. The lowest BCUT2D eigenvalue weighted by Gasteiger charge is -2.20. The zero-order valence-electron chi connectivity index (χ0n) is 41.1. The predicted molar refractivity (Wildman–Crippen MR) is 270 cm³/mol. The normalized spacial score (nSPS) is 13.8. The Morgan fingerprint density at radius 2 is 0.889 bits per heavy atom. The lowest BCUT2D eigenvalue weighted by Crippen LogP contribution is -2.28. The first-order valence-electron chi connectivity index (χ1n) is 26.3. The summed E-state index contributed by atoms with van der Waals surface area (Å²) in [6, 6.07) is 0. The second-order valence-electron chi connectivity index (χ2n) is 17.4. The van der Waals surface area contributed by atoms with E-state index in [0.29, 0.717) is 6.61 Å². The van der Waals surface area contributed by atoms with Gasteiger partial charge < -0.3 is 20.1 Å². The lowest BCUT2D eigenvalue weighted by molar-refractivity contribution is -0.154. The standard InChI is InChI=1S/C54H100NO7P/c1-3-5-7-9-11-13-15-17-19-21-23-24-25-26-27-28-30-32-34-36-38-40-42-44-46-49-59-51-53(52-61-63(57,58)60-50-48-55)62-54(56)47-45-43-41-39-37-35-33-31-29-22-20-18-16-14-12-10-8-6-4-2/h6,8,12,14,18,20,29,31,35,37,53H,3-5,7,9-11,13,15-17,19,21-28,30,32-34,36,38-52,55H2,1-2H3,(H,57,58)/b8-6-,14-12-,20-18-,31-29-,37-35-. The highest BCUT2D eigenvalue weighted by Gasteiger charge is 2.25. The van der Waals surface area contributed by atoms with Crippen molar-refractivity contribution in [3.05, 3.63) is 60.8 Å². The van der Waals surface area contributed by atoms with Gasteiger partial charge in [0.1, 0.15) is 6.10 Å². The van der Waals surface area contributed by atoms with Crippen molar-refractivity contribution in [3.63, 3.8) is 0 Å². The molecular weight excluding hydrogens is 806 g/mol. The van der Waals surface area contributed by atoms with Gasteiger partial charge in [-0.15, -0.1) is 0 Å². The van der Waals surface area contributed by atoms with E-state index in [1.807, 2.05) is 0 Å². The van der Waals surface area contributed by atoms with E-state index in [2.05, 4.69) is 74.6 Å². The summed E-state index contributed by atoms with van der Waals surface area (Å²) in [6.07, 6.45) is 64.1. The Bertz CT molecular complexity index is 1150. The first-order valence-corrected chi connectivity index (χ1v) is 27.8. The smallest absolute Gasteiger partial charge is 0.457 e. The Kier molecular flexibility index (Phi) is 49.7. The third kappa shape index (κ3) is 51.1. The minimum atomic E-state index is -4.29.